The van der Waals surface area contributed by atoms with E-state index in [2.05, 4.69) is 17.6 Å². The Labute approximate surface area is 91.4 Å². The van der Waals surface area contributed by atoms with Crippen molar-refractivity contribution in [1.29, 1.82) is 0 Å². The number of amides is 2. The van der Waals surface area contributed by atoms with Gasteiger partial charge in [0.05, 0.1) is 0 Å². The van der Waals surface area contributed by atoms with Crippen molar-refractivity contribution >= 4 is 6.03 Å². The Hall–Kier alpha value is -0.770. The van der Waals surface area contributed by atoms with Crippen LogP contribution in [0.3, 0.4) is 0 Å². The summed E-state index contributed by atoms with van der Waals surface area (Å²) in [7, 11) is 0. The van der Waals surface area contributed by atoms with Gasteiger partial charge in [-0.15, -0.1) is 0 Å². The highest BCUT2D eigenvalue weighted by Gasteiger charge is 2.30. The molecule has 2 amide bonds. The fourth-order valence-corrected chi connectivity index (χ4v) is 2.36. The van der Waals surface area contributed by atoms with E-state index in [1.165, 1.54) is 0 Å². The summed E-state index contributed by atoms with van der Waals surface area (Å²) in [6, 6.07) is 0.136. The molecule has 2 rings (SSSR count). The largest absolute Gasteiger partial charge is 0.333 e. The topological polar surface area (TPSA) is 44.4 Å². The quantitative estimate of drug-likeness (QED) is 0.678. The first-order chi connectivity index (χ1) is 7.20. The van der Waals surface area contributed by atoms with Gasteiger partial charge in [0.2, 0.25) is 0 Å². The van der Waals surface area contributed by atoms with Gasteiger partial charge >= 0.3 is 6.03 Å². The molecule has 2 N–H and O–H groups in total. The molecule has 86 valence electrons. The van der Waals surface area contributed by atoms with Crippen molar-refractivity contribution in [3.8, 4) is 0 Å². The van der Waals surface area contributed by atoms with Crippen LogP contribution in [0, 0.1) is 0 Å². The lowest BCUT2D eigenvalue weighted by Crippen LogP contribution is -2.55. The molecule has 0 aromatic carbocycles. The van der Waals surface area contributed by atoms with Crippen molar-refractivity contribution in [2.24, 2.45) is 0 Å². The van der Waals surface area contributed by atoms with Gasteiger partial charge in [0.25, 0.3) is 0 Å². The van der Waals surface area contributed by atoms with Crippen molar-refractivity contribution < 1.29 is 4.79 Å². The normalized spacial score (nSPS) is 25.3. The Morgan fingerprint density at radius 3 is 2.47 bits per heavy atom. The Morgan fingerprint density at radius 2 is 1.87 bits per heavy atom. The molecular weight excluding hydrogens is 190 g/mol. The maximum Gasteiger partial charge on any atom is 0.317 e. The minimum absolute atomic E-state index is 0.00488. The molecule has 0 saturated carbocycles. The van der Waals surface area contributed by atoms with Crippen molar-refractivity contribution in [1.82, 2.24) is 15.5 Å². The number of urea groups is 1. The molecule has 0 radical (unpaired) electrons. The van der Waals surface area contributed by atoms with Gasteiger partial charge in [-0.1, -0.05) is 0 Å². The minimum Gasteiger partial charge on any atom is -0.333 e. The van der Waals surface area contributed by atoms with E-state index < -0.39 is 0 Å². The van der Waals surface area contributed by atoms with Crippen molar-refractivity contribution in [2.75, 3.05) is 26.2 Å². The van der Waals surface area contributed by atoms with Gasteiger partial charge in [-0.25, -0.2) is 4.79 Å². The van der Waals surface area contributed by atoms with Crippen molar-refractivity contribution in [2.45, 2.75) is 38.1 Å². The number of nitrogens with zero attached hydrogens (tertiary/aromatic N) is 1. The standard InChI is InChI=1S/C11H21N3O/c1-11(4-6-12-7-5-11)13-10(15)14-8-2-3-9-14/h12H,2-9H2,1H3,(H,13,15). The van der Waals surface area contributed by atoms with Crippen molar-refractivity contribution in [3.05, 3.63) is 0 Å². The molecule has 15 heavy (non-hydrogen) atoms. The molecule has 2 aliphatic heterocycles. The molecule has 2 saturated heterocycles. The van der Waals surface area contributed by atoms with Gasteiger partial charge < -0.3 is 15.5 Å². The first-order valence-corrected chi connectivity index (χ1v) is 5.97. The molecule has 0 spiro atoms. The third-order valence-electron chi connectivity index (χ3n) is 3.51. The van der Waals surface area contributed by atoms with E-state index in [1.54, 1.807) is 0 Å². The second kappa shape index (κ2) is 4.39. The molecule has 0 unspecified atom stereocenters. The van der Waals surface area contributed by atoms with E-state index in [9.17, 15) is 4.79 Å². The van der Waals surface area contributed by atoms with Crippen LogP contribution in [0.2, 0.25) is 0 Å². The van der Waals surface area contributed by atoms with Crippen LogP contribution in [-0.2, 0) is 0 Å². The zero-order valence-corrected chi connectivity index (χ0v) is 9.51. The van der Waals surface area contributed by atoms with E-state index in [1.807, 2.05) is 4.90 Å². The van der Waals surface area contributed by atoms with E-state index in [-0.39, 0.29) is 11.6 Å². The number of nitrogens with one attached hydrogen (secondary N) is 2. The zero-order chi connectivity index (χ0) is 10.7. The molecule has 2 heterocycles. The summed E-state index contributed by atoms with van der Waals surface area (Å²) in [5.74, 6) is 0. The zero-order valence-electron chi connectivity index (χ0n) is 9.51. The molecule has 0 aromatic rings. The highest BCUT2D eigenvalue weighted by molar-refractivity contribution is 5.75. The second-order valence-corrected chi connectivity index (χ2v) is 4.93. The highest BCUT2D eigenvalue weighted by Crippen LogP contribution is 2.18. The fraction of sp³-hybridized carbons (Fsp3) is 0.909. The summed E-state index contributed by atoms with van der Waals surface area (Å²) in [6.07, 6.45) is 4.39. The predicted molar refractivity (Wildman–Crippen MR) is 59.8 cm³/mol. The fourth-order valence-electron chi connectivity index (χ4n) is 2.36. The lowest BCUT2D eigenvalue weighted by Gasteiger charge is -2.36. The number of hydrogen-bond donors (Lipinski definition) is 2. The summed E-state index contributed by atoms with van der Waals surface area (Å²) >= 11 is 0. The van der Waals surface area contributed by atoms with E-state index in [4.69, 9.17) is 0 Å². The smallest absolute Gasteiger partial charge is 0.317 e. The molecule has 4 nitrogen and oxygen atoms in total. The number of rotatable bonds is 1. The van der Waals surface area contributed by atoms with Crippen LogP contribution in [0.25, 0.3) is 0 Å². The van der Waals surface area contributed by atoms with Gasteiger partial charge in [0.1, 0.15) is 0 Å². The van der Waals surface area contributed by atoms with E-state index >= 15 is 0 Å². The highest BCUT2D eigenvalue weighted by atomic mass is 16.2. The van der Waals surface area contributed by atoms with E-state index in [0.29, 0.717) is 0 Å². The summed E-state index contributed by atoms with van der Waals surface area (Å²) in [4.78, 5) is 13.9. The summed E-state index contributed by atoms with van der Waals surface area (Å²) in [5.41, 5.74) is 0.00488. The van der Waals surface area contributed by atoms with E-state index in [0.717, 1.165) is 51.9 Å². The Balaban J connectivity index is 1.86. The monoisotopic (exact) mass is 211 g/mol. The van der Waals surface area contributed by atoms with Gasteiger partial charge in [-0.05, 0) is 45.7 Å². The SMILES string of the molecule is CC1(NC(=O)N2CCCC2)CCNCC1. The summed E-state index contributed by atoms with van der Waals surface area (Å²) in [6.45, 7) is 6.04. The van der Waals surface area contributed by atoms with Gasteiger partial charge in [0.15, 0.2) is 0 Å². The Bertz CT molecular complexity index is 230. The molecular formula is C11H21N3O. The lowest BCUT2D eigenvalue weighted by molar-refractivity contribution is 0.185. The number of likely N-dealkylation sites (tertiary alicyclic amines) is 1. The van der Waals surface area contributed by atoms with Gasteiger partial charge in [0, 0.05) is 18.6 Å². The molecule has 0 atom stereocenters. The maximum absolute atomic E-state index is 11.9. The van der Waals surface area contributed by atoms with Crippen LogP contribution < -0.4 is 10.6 Å². The van der Waals surface area contributed by atoms with Crippen LogP contribution in [0.5, 0.6) is 0 Å². The van der Waals surface area contributed by atoms with Crippen LogP contribution in [-0.4, -0.2) is 42.6 Å². The molecule has 2 fully saturated rings. The first-order valence-electron chi connectivity index (χ1n) is 5.97. The van der Waals surface area contributed by atoms with Crippen LogP contribution in [0.4, 0.5) is 4.79 Å². The number of carbonyl (C=O) groups excluding carboxylic acids is 1. The molecule has 0 bridgehead atoms. The number of carbonyl (C=O) groups is 1. The third kappa shape index (κ3) is 2.62. The molecule has 2 aliphatic rings. The third-order valence-corrected chi connectivity index (χ3v) is 3.51. The molecule has 4 heteroatoms. The first kappa shape index (κ1) is 10.7. The second-order valence-electron chi connectivity index (χ2n) is 4.93. The Kier molecular flexibility index (Phi) is 3.14. The minimum atomic E-state index is 0.00488. The lowest BCUT2D eigenvalue weighted by atomic mass is 9.91. The van der Waals surface area contributed by atoms with Crippen molar-refractivity contribution in [3.63, 3.8) is 0 Å². The van der Waals surface area contributed by atoms with Gasteiger partial charge in [-0.3, -0.25) is 0 Å². The van der Waals surface area contributed by atoms with Crippen LogP contribution in [0.15, 0.2) is 0 Å². The summed E-state index contributed by atoms with van der Waals surface area (Å²) in [5, 5.41) is 6.50. The number of hydrogen-bond acceptors (Lipinski definition) is 2. The average Bonchev–Trinajstić information content (AvgIpc) is 2.70. The average molecular weight is 211 g/mol. The summed E-state index contributed by atoms with van der Waals surface area (Å²) < 4.78 is 0. The van der Waals surface area contributed by atoms with Gasteiger partial charge in [-0.2, -0.15) is 0 Å². The number of piperidine rings is 1. The Morgan fingerprint density at radius 1 is 1.27 bits per heavy atom. The van der Waals surface area contributed by atoms with Crippen LogP contribution in [0.1, 0.15) is 32.6 Å². The predicted octanol–water partition coefficient (Wildman–Crippen LogP) is 0.934. The maximum atomic E-state index is 11.9. The van der Waals surface area contributed by atoms with Crippen LogP contribution >= 0.6 is 0 Å². The molecule has 0 aromatic heterocycles. The molecule has 0 aliphatic carbocycles.